The van der Waals surface area contributed by atoms with E-state index in [9.17, 15) is 13.2 Å². The number of alkyl halides is 3. The van der Waals surface area contributed by atoms with Gasteiger partial charge in [0.15, 0.2) is 22.8 Å². The fraction of sp³-hybridized carbons (Fsp3) is 0.217. The van der Waals surface area contributed by atoms with E-state index < -0.39 is 11.9 Å². The van der Waals surface area contributed by atoms with Crippen LogP contribution < -0.4 is 9.47 Å². The maximum atomic E-state index is 14.1. The molecule has 4 aromatic rings. The second-order valence-corrected chi connectivity index (χ2v) is 7.53. The highest BCUT2D eigenvalue weighted by Crippen LogP contribution is 2.38. The largest absolute Gasteiger partial charge is 0.493 e. The number of aromatic nitrogens is 3. The summed E-state index contributed by atoms with van der Waals surface area (Å²) in [6, 6.07) is 12.5. The molecule has 10 heteroatoms. The number of nitrogens with zero attached hydrogens (tertiary/aromatic N) is 3. The van der Waals surface area contributed by atoms with Crippen LogP contribution in [0.3, 0.4) is 0 Å². The Kier molecular flexibility index (Phi) is 6.18. The van der Waals surface area contributed by atoms with Crippen molar-refractivity contribution in [3.05, 3.63) is 64.9 Å². The molecule has 0 aliphatic rings. The standard InChI is InChI=1S/C23H19ClF3N3O3/c1-31-12-17-21(13-4-7-15(24)8-5-13)22-28-16(11-20(23(25,26)27)30(22)29-17)14-6-9-18(32-2)19(10-14)33-3/h4-11H,12H2,1-3H3. The van der Waals surface area contributed by atoms with E-state index in [-0.39, 0.29) is 17.9 Å². The summed E-state index contributed by atoms with van der Waals surface area (Å²) in [4.78, 5) is 4.57. The molecule has 0 unspecified atom stereocenters. The van der Waals surface area contributed by atoms with Crippen molar-refractivity contribution in [2.75, 3.05) is 21.3 Å². The lowest BCUT2D eigenvalue weighted by Crippen LogP contribution is -2.14. The summed E-state index contributed by atoms with van der Waals surface area (Å²) < 4.78 is 58.8. The van der Waals surface area contributed by atoms with E-state index in [0.29, 0.717) is 38.9 Å². The average molecular weight is 478 g/mol. The molecule has 33 heavy (non-hydrogen) atoms. The molecule has 0 amide bonds. The van der Waals surface area contributed by atoms with Gasteiger partial charge in [0, 0.05) is 17.7 Å². The van der Waals surface area contributed by atoms with Crippen molar-refractivity contribution in [3.8, 4) is 33.9 Å². The molecule has 2 aromatic carbocycles. The summed E-state index contributed by atoms with van der Waals surface area (Å²) in [7, 11) is 4.38. The number of hydrogen-bond acceptors (Lipinski definition) is 5. The first-order valence-electron chi connectivity index (χ1n) is 9.74. The molecule has 0 atom stereocenters. The minimum Gasteiger partial charge on any atom is -0.493 e. The third kappa shape index (κ3) is 4.34. The number of hydrogen-bond donors (Lipinski definition) is 0. The molecular weight excluding hydrogens is 459 g/mol. The van der Waals surface area contributed by atoms with Gasteiger partial charge in [-0.15, -0.1) is 0 Å². The van der Waals surface area contributed by atoms with Gasteiger partial charge in [-0.2, -0.15) is 18.3 Å². The van der Waals surface area contributed by atoms with Crippen LogP contribution in [-0.2, 0) is 17.5 Å². The van der Waals surface area contributed by atoms with Crippen molar-refractivity contribution in [3.63, 3.8) is 0 Å². The molecule has 0 spiro atoms. The van der Waals surface area contributed by atoms with Gasteiger partial charge in [-0.05, 0) is 42.0 Å². The molecule has 6 nitrogen and oxygen atoms in total. The van der Waals surface area contributed by atoms with E-state index in [2.05, 4.69) is 10.1 Å². The van der Waals surface area contributed by atoms with Crippen LogP contribution in [0.5, 0.6) is 11.5 Å². The monoisotopic (exact) mass is 477 g/mol. The molecule has 0 bridgehead atoms. The molecule has 0 aliphatic heterocycles. The molecule has 0 saturated heterocycles. The third-order valence-electron chi connectivity index (χ3n) is 5.05. The van der Waals surface area contributed by atoms with E-state index in [4.69, 9.17) is 25.8 Å². The Balaban J connectivity index is 2.04. The lowest BCUT2D eigenvalue weighted by Gasteiger charge is -2.13. The van der Waals surface area contributed by atoms with Gasteiger partial charge in [0.25, 0.3) is 0 Å². The van der Waals surface area contributed by atoms with Gasteiger partial charge in [0.05, 0.1) is 37.8 Å². The first-order valence-corrected chi connectivity index (χ1v) is 10.1. The maximum Gasteiger partial charge on any atom is 0.433 e. The number of ether oxygens (including phenoxy) is 3. The van der Waals surface area contributed by atoms with Crippen molar-refractivity contribution in [1.29, 1.82) is 0 Å². The number of methoxy groups -OCH3 is 3. The highest BCUT2D eigenvalue weighted by atomic mass is 35.5. The Labute approximate surface area is 192 Å². The summed E-state index contributed by atoms with van der Waals surface area (Å²) >= 11 is 6.00. The van der Waals surface area contributed by atoms with E-state index in [1.807, 2.05) is 0 Å². The number of benzene rings is 2. The minimum atomic E-state index is -4.68. The third-order valence-corrected chi connectivity index (χ3v) is 5.30. The summed E-state index contributed by atoms with van der Waals surface area (Å²) in [5.41, 5.74) is 0.987. The fourth-order valence-corrected chi connectivity index (χ4v) is 3.68. The number of fused-ring (bicyclic) bond motifs is 1. The van der Waals surface area contributed by atoms with Crippen molar-refractivity contribution >= 4 is 17.2 Å². The molecule has 0 saturated carbocycles. The van der Waals surface area contributed by atoms with Crippen LogP contribution in [0, 0.1) is 0 Å². The zero-order valence-electron chi connectivity index (χ0n) is 17.9. The Hall–Kier alpha value is -3.30. The van der Waals surface area contributed by atoms with Crippen LogP contribution in [0.25, 0.3) is 28.0 Å². The van der Waals surface area contributed by atoms with E-state index >= 15 is 0 Å². The second-order valence-electron chi connectivity index (χ2n) is 7.09. The van der Waals surface area contributed by atoms with Crippen LogP contribution in [-0.4, -0.2) is 35.9 Å². The summed E-state index contributed by atoms with van der Waals surface area (Å²) in [5, 5.41) is 4.69. The molecule has 0 fully saturated rings. The molecule has 0 N–H and O–H groups in total. The van der Waals surface area contributed by atoms with Crippen LogP contribution in [0.1, 0.15) is 11.4 Å². The van der Waals surface area contributed by atoms with Crippen LogP contribution in [0.2, 0.25) is 5.02 Å². The molecule has 172 valence electrons. The lowest BCUT2D eigenvalue weighted by molar-refractivity contribution is -0.142. The maximum absolute atomic E-state index is 14.1. The minimum absolute atomic E-state index is 0.00427. The van der Waals surface area contributed by atoms with Crippen molar-refractivity contribution in [2.24, 2.45) is 0 Å². The van der Waals surface area contributed by atoms with Gasteiger partial charge in [-0.25, -0.2) is 9.50 Å². The molecule has 4 rings (SSSR count). The SMILES string of the molecule is COCc1nn2c(C(F)(F)F)cc(-c3ccc(OC)c(OC)c3)nc2c1-c1ccc(Cl)cc1. The quantitative estimate of drug-likeness (QED) is 0.346. The topological polar surface area (TPSA) is 57.9 Å². The first kappa shape index (κ1) is 22.9. The van der Waals surface area contributed by atoms with E-state index in [1.165, 1.54) is 21.3 Å². The van der Waals surface area contributed by atoms with Crippen LogP contribution in [0.15, 0.2) is 48.5 Å². The Morgan fingerprint density at radius 2 is 1.58 bits per heavy atom. The smallest absolute Gasteiger partial charge is 0.433 e. The zero-order chi connectivity index (χ0) is 23.8. The van der Waals surface area contributed by atoms with Crippen molar-refractivity contribution in [2.45, 2.75) is 12.8 Å². The van der Waals surface area contributed by atoms with Crippen LogP contribution in [0.4, 0.5) is 13.2 Å². The normalized spacial score (nSPS) is 11.7. The molecule has 2 aromatic heterocycles. The van der Waals surface area contributed by atoms with Gasteiger partial charge in [0.2, 0.25) is 0 Å². The van der Waals surface area contributed by atoms with Crippen molar-refractivity contribution in [1.82, 2.24) is 14.6 Å². The molecule has 2 heterocycles. The summed E-state index contributed by atoms with van der Waals surface area (Å²) in [5.74, 6) is 0.823. The Morgan fingerprint density at radius 1 is 0.909 bits per heavy atom. The number of halogens is 4. The molecule has 0 radical (unpaired) electrons. The first-order chi connectivity index (χ1) is 15.8. The van der Waals surface area contributed by atoms with Crippen molar-refractivity contribution < 1.29 is 27.4 Å². The fourth-order valence-electron chi connectivity index (χ4n) is 3.56. The van der Waals surface area contributed by atoms with Gasteiger partial charge in [0.1, 0.15) is 0 Å². The summed E-state index contributed by atoms with van der Waals surface area (Å²) in [6.45, 7) is 0.00427. The van der Waals surface area contributed by atoms with Gasteiger partial charge in [-0.1, -0.05) is 23.7 Å². The molecular formula is C23H19ClF3N3O3. The van der Waals surface area contributed by atoms with Gasteiger partial charge < -0.3 is 14.2 Å². The predicted molar refractivity (Wildman–Crippen MR) is 118 cm³/mol. The summed E-state index contributed by atoms with van der Waals surface area (Å²) in [6.07, 6.45) is -4.68. The van der Waals surface area contributed by atoms with Gasteiger partial charge >= 0.3 is 6.18 Å². The Bertz CT molecular complexity index is 1300. The van der Waals surface area contributed by atoms with Crippen LogP contribution >= 0.6 is 11.6 Å². The average Bonchev–Trinajstić information content (AvgIpc) is 3.15. The Morgan fingerprint density at radius 3 is 2.18 bits per heavy atom. The molecule has 0 aliphatic carbocycles. The highest BCUT2D eigenvalue weighted by molar-refractivity contribution is 6.30. The van der Waals surface area contributed by atoms with Gasteiger partial charge in [-0.3, -0.25) is 0 Å². The zero-order valence-corrected chi connectivity index (χ0v) is 18.7. The van der Waals surface area contributed by atoms with E-state index in [0.717, 1.165) is 10.6 Å². The highest BCUT2D eigenvalue weighted by Gasteiger charge is 2.36. The lowest BCUT2D eigenvalue weighted by atomic mass is 10.1. The van der Waals surface area contributed by atoms with E-state index in [1.54, 1.807) is 42.5 Å². The predicted octanol–water partition coefficient (Wildman–Crippen LogP) is 5.90. The number of rotatable bonds is 6. The second kappa shape index (κ2) is 8.92.